The van der Waals surface area contributed by atoms with Crippen LogP contribution in [0.5, 0.6) is 0 Å². The molecular weight excluding hydrogens is 228 g/mol. The Morgan fingerprint density at radius 2 is 2.11 bits per heavy atom. The summed E-state index contributed by atoms with van der Waals surface area (Å²) in [7, 11) is 1.79. The first-order valence-electron chi connectivity index (χ1n) is 6.12. The maximum Gasteiger partial charge on any atom is 0.236 e. The van der Waals surface area contributed by atoms with Gasteiger partial charge in [0.2, 0.25) is 5.91 Å². The first-order valence-corrected chi connectivity index (χ1v) is 6.12. The lowest BCUT2D eigenvalue weighted by Crippen LogP contribution is -2.49. The molecule has 0 aromatic heterocycles. The molecule has 1 aromatic rings. The summed E-state index contributed by atoms with van der Waals surface area (Å²) in [5, 5.41) is 0. The largest absolute Gasteiger partial charge is 0.343 e. The number of aryl methyl sites for hydroxylation is 1. The number of carbonyl (C=O) groups excluding carboxylic acids is 2. The highest BCUT2D eigenvalue weighted by atomic mass is 16.2. The minimum absolute atomic E-state index is 0.0797. The molecule has 18 heavy (non-hydrogen) atoms. The summed E-state index contributed by atoms with van der Waals surface area (Å²) < 4.78 is 0. The highest BCUT2D eigenvalue weighted by molar-refractivity contribution is 5.98. The number of Topliss-reactive ketones (excluding diaryl/α,β-unsaturated/α-hetero) is 1. The monoisotopic (exact) mass is 246 g/mol. The van der Waals surface area contributed by atoms with Crippen molar-refractivity contribution in [1.29, 1.82) is 0 Å². The lowest BCUT2D eigenvalue weighted by molar-refractivity contribution is -0.134. The van der Waals surface area contributed by atoms with Crippen LogP contribution in [0.15, 0.2) is 24.3 Å². The third-order valence-electron chi connectivity index (χ3n) is 3.24. The van der Waals surface area contributed by atoms with Gasteiger partial charge in [-0.25, -0.2) is 0 Å². The van der Waals surface area contributed by atoms with E-state index in [2.05, 4.69) is 0 Å². The second-order valence-corrected chi connectivity index (χ2v) is 4.82. The van der Waals surface area contributed by atoms with Crippen LogP contribution < -0.4 is 0 Å². The SMILES string of the molecule is Cc1cccc(C(=O)CN2CCN(C)C(=O)C2)c1. The molecule has 1 heterocycles. The molecule has 0 saturated carbocycles. The van der Waals surface area contributed by atoms with Crippen molar-refractivity contribution in [2.24, 2.45) is 0 Å². The van der Waals surface area contributed by atoms with Gasteiger partial charge in [-0.2, -0.15) is 0 Å². The fraction of sp³-hybridized carbons (Fsp3) is 0.429. The second-order valence-electron chi connectivity index (χ2n) is 4.82. The van der Waals surface area contributed by atoms with Gasteiger partial charge in [0, 0.05) is 25.7 Å². The number of carbonyl (C=O) groups is 2. The molecule has 0 aliphatic carbocycles. The molecule has 0 atom stereocenters. The summed E-state index contributed by atoms with van der Waals surface area (Å²) in [6.45, 7) is 4.09. The Hall–Kier alpha value is -1.68. The van der Waals surface area contributed by atoms with Gasteiger partial charge in [0.05, 0.1) is 13.1 Å². The smallest absolute Gasteiger partial charge is 0.236 e. The highest BCUT2D eigenvalue weighted by Gasteiger charge is 2.22. The summed E-state index contributed by atoms with van der Waals surface area (Å²) in [5.74, 6) is 0.161. The van der Waals surface area contributed by atoms with Gasteiger partial charge >= 0.3 is 0 Å². The molecule has 1 saturated heterocycles. The fourth-order valence-corrected chi connectivity index (χ4v) is 2.06. The molecule has 1 aromatic carbocycles. The molecule has 0 bridgehead atoms. The second kappa shape index (κ2) is 5.31. The number of amides is 1. The number of piperazine rings is 1. The van der Waals surface area contributed by atoms with Gasteiger partial charge in [-0.15, -0.1) is 0 Å². The summed E-state index contributed by atoms with van der Waals surface area (Å²) >= 11 is 0. The van der Waals surface area contributed by atoms with Gasteiger partial charge in [0.15, 0.2) is 5.78 Å². The van der Waals surface area contributed by atoms with Crippen LogP contribution in [0, 0.1) is 6.92 Å². The molecule has 1 aliphatic rings. The number of hydrogen-bond donors (Lipinski definition) is 0. The van der Waals surface area contributed by atoms with E-state index in [0.29, 0.717) is 19.6 Å². The van der Waals surface area contributed by atoms with Crippen molar-refractivity contribution in [3.8, 4) is 0 Å². The third-order valence-corrected chi connectivity index (χ3v) is 3.24. The van der Waals surface area contributed by atoms with Crippen LogP contribution in [0.1, 0.15) is 15.9 Å². The van der Waals surface area contributed by atoms with E-state index in [1.807, 2.05) is 36.1 Å². The van der Waals surface area contributed by atoms with Crippen molar-refractivity contribution >= 4 is 11.7 Å². The van der Waals surface area contributed by atoms with Crippen LogP contribution in [-0.4, -0.2) is 54.7 Å². The summed E-state index contributed by atoms with van der Waals surface area (Å²) in [6, 6.07) is 7.57. The predicted octanol–water partition coefficient (Wildman–Crippen LogP) is 0.952. The van der Waals surface area contributed by atoms with Crippen molar-refractivity contribution in [2.75, 3.05) is 33.2 Å². The molecule has 2 rings (SSSR count). The normalized spacial score (nSPS) is 17.0. The molecule has 0 unspecified atom stereocenters. The summed E-state index contributed by atoms with van der Waals surface area (Å²) in [5.41, 5.74) is 1.80. The lowest BCUT2D eigenvalue weighted by Gasteiger charge is -2.31. The van der Waals surface area contributed by atoms with Gasteiger partial charge in [-0.1, -0.05) is 23.8 Å². The van der Waals surface area contributed by atoms with Crippen LogP contribution in [0.2, 0.25) is 0 Å². The molecule has 1 amide bonds. The highest BCUT2D eigenvalue weighted by Crippen LogP contribution is 2.07. The summed E-state index contributed by atoms with van der Waals surface area (Å²) in [6.07, 6.45) is 0. The minimum Gasteiger partial charge on any atom is -0.343 e. The van der Waals surface area contributed by atoms with Gasteiger partial charge in [0.25, 0.3) is 0 Å². The topological polar surface area (TPSA) is 40.6 Å². The standard InChI is InChI=1S/C14H18N2O2/c1-11-4-3-5-12(8-11)13(17)9-16-7-6-15(2)14(18)10-16/h3-5,8H,6-7,9-10H2,1-2H3. The van der Waals surface area contributed by atoms with Crippen LogP contribution in [0.25, 0.3) is 0 Å². The zero-order chi connectivity index (χ0) is 13.1. The first kappa shape index (κ1) is 12.8. The average molecular weight is 246 g/mol. The zero-order valence-corrected chi connectivity index (χ0v) is 10.8. The van der Waals surface area contributed by atoms with E-state index >= 15 is 0 Å². The molecule has 0 radical (unpaired) electrons. The Balaban J connectivity index is 1.98. The number of likely N-dealkylation sites (N-methyl/N-ethyl adjacent to an activating group) is 1. The van der Waals surface area contributed by atoms with Crippen molar-refractivity contribution in [3.63, 3.8) is 0 Å². The Kier molecular flexibility index (Phi) is 3.77. The Labute approximate surface area is 107 Å². The fourth-order valence-electron chi connectivity index (χ4n) is 2.06. The van der Waals surface area contributed by atoms with E-state index in [-0.39, 0.29) is 11.7 Å². The molecule has 4 heteroatoms. The number of nitrogens with zero attached hydrogens (tertiary/aromatic N) is 2. The van der Waals surface area contributed by atoms with E-state index in [1.54, 1.807) is 11.9 Å². The minimum atomic E-state index is 0.0797. The molecule has 4 nitrogen and oxygen atoms in total. The van der Waals surface area contributed by atoms with Gasteiger partial charge in [-0.3, -0.25) is 14.5 Å². The maximum atomic E-state index is 12.1. The van der Waals surface area contributed by atoms with Crippen LogP contribution in [0.3, 0.4) is 0 Å². The van der Waals surface area contributed by atoms with Gasteiger partial charge in [0.1, 0.15) is 0 Å². The molecule has 1 fully saturated rings. The molecule has 0 spiro atoms. The number of benzene rings is 1. The van der Waals surface area contributed by atoms with Crippen LogP contribution in [-0.2, 0) is 4.79 Å². The van der Waals surface area contributed by atoms with E-state index in [4.69, 9.17) is 0 Å². The third kappa shape index (κ3) is 2.96. The zero-order valence-electron chi connectivity index (χ0n) is 10.8. The van der Waals surface area contributed by atoms with E-state index < -0.39 is 0 Å². The lowest BCUT2D eigenvalue weighted by atomic mass is 10.1. The Morgan fingerprint density at radius 3 is 2.78 bits per heavy atom. The first-order chi connectivity index (χ1) is 8.56. The Bertz CT molecular complexity index is 471. The summed E-state index contributed by atoms with van der Waals surface area (Å²) in [4.78, 5) is 27.2. The van der Waals surface area contributed by atoms with Crippen molar-refractivity contribution in [2.45, 2.75) is 6.92 Å². The molecular formula is C14H18N2O2. The maximum absolute atomic E-state index is 12.1. The van der Waals surface area contributed by atoms with Gasteiger partial charge < -0.3 is 4.90 Å². The van der Waals surface area contributed by atoms with Crippen molar-refractivity contribution in [1.82, 2.24) is 9.80 Å². The molecule has 0 N–H and O–H groups in total. The van der Waals surface area contributed by atoms with E-state index in [0.717, 1.165) is 17.7 Å². The Morgan fingerprint density at radius 1 is 1.33 bits per heavy atom. The average Bonchev–Trinajstić information content (AvgIpc) is 2.34. The number of rotatable bonds is 3. The quantitative estimate of drug-likeness (QED) is 0.746. The number of hydrogen-bond acceptors (Lipinski definition) is 3. The van der Waals surface area contributed by atoms with Crippen LogP contribution >= 0.6 is 0 Å². The van der Waals surface area contributed by atoms with Crippen molar-refractivity contribution in [3.05, 3.63) is 35.4 Å². The van der Waals surface area contributed by atoms with E-state index in [1.165, 1.54) is 0 Å². The van der Waals surface area contributed by atoms with Gasteiger partial charge in [-0.05, 0) is 13.0 Å². The molecule has 96 valence electrons. The van der Waals surface area contributed by atoms with Crippen molar-refractivity contribution < 1.29 is 9.59 Å². The molecule has 1 aliphatic heterocycles. The van der Waals surface area contributed by atoms with Crippen LogP contribution in [0.4, 0.5) is 0 Å². The number of ketones is 1. The van der Waals surface area contributed by atoms with E-state index in [9.17, 15) is 9.59 Å². The predicted molar refractivity (Wildman–Crippen MR) is 69.6 cm³/mol.